The van der Waals surface area contributed by atoms with E-state index in [1.165, 1.54) is 5.56 Å². The summed E-state index contributed by atoms with van der Waals surface area (Å²) in [7, 11) is 1.92. The minimum atomic E-state index is 0.504. The molecule has 0 fully saturated rings. The predicted octanol–water partition coefficient (Wildman–Crippen LogP) is 2.38. The Bertz CT molecular complexity index is 440. The van der Waals surface area contributed by atoms with Gasteiger partial charge in [-0.25, -0.2) is 0 Å². The van der Waals surface area contributed by atoms with Gasteiger partial charge in [0.1, 0.15) is 12.4 Å². The molecule has 0 aliphatic carbocycles. The summed E-state index contributed by atoms with van der Waals surface area (Å²) in [4.78, 5) is 4.35. The quantitative estimate of drug-likeness (QED) is 0.853. The Morgan fingerprint density at radius 2 is 1.94 bits per heavy atom. The largest absolute Gasteiger partial charge is 0.487 e. The normalized spacial score (nSPS) is 10.2. The minimum Gasteiger partial charge on any atom is -0.487 e. The lowest BCUT2D eigenvalue weighted by molar-refractivity contribution is 0.301. The third-order valence-electron chi connectivity index (χ3n) is 2.40. The van der Waals surface area contributed by atoms with E-state index in [1.807, 2.05) is 49.6 Å². The number of aromatic nitrogens is 1. The van der Waals surface area contributed by atoms with Gasteiger partial charge in [-0.05, 0) is 30.8 Å². The molecule has 2 rings (SSSR count). The molecule has 0 radical (unpaired) electrons. The molecule has 0 spiro atoms. The van der Waals surface area contributed by atoms with Crippen LogP contribution in [-0.2, 0) is 13.2 Å². The highest BCUT2D eigenvalue weighted by Gasteiger charge is 1.97. The fourth-order valence-electron chi connectivity index (χ4n) is 1.52. The van der Waals surface area contributed by atoms with Crippen LogP contribution >= 0.6 is 0 Å². The van der Waals surface area contributed by atoms with Crippen LogP contribution in [0.5, 0.6) is 5.75 Å². The van der Waals surface area contributed by atoms with Gasteiger partial charge in [0.2, 0.25) is 0 Å². The summed E-state index contributed by atoms with van der Waals surface area (Å²) in [6, 6.07) is 13.8. The monoisotopic (exact) mass is 228 g/mol. The molecule has 1 N–H and O–H groups in total. The first kappa shape index (κ1) is 11.6. The number of pyridine rings is 1. The zero-order valence-electron chi connectivity index (χ0n) is 9.89. The Morgan fingerprint density at radius 3 is 2.59 bits per heavy atom. The molecule has 1 heterocycles. The molecular formula is C14H16N2O. The average molecular weight is 228 g/mol. The predicted molar refractivity (Wildman–Crippen MR) is 67.8 cm³/mol. The van der Waals surface area contributed by atoms with Gasteiger partial charge in [-0.15, -0.1) is 0 Å². The first-order chi connectivity index (χ1) is 8.38. The number of nitrogens with zero attached hydrogens (tertiary/aromatic N) is 1. The summed E-state index contributed by atoms with van der Waals surface area (Å²) >= 11 is 0. The molecule has 0 amide bonds. The van der Waals surface area contributed by atoms with E-state index >= 15 is 0 Å². The number of hydrogen-bond donors (Lipinski definition) is 1. The maximum atomic E-state index is 5.61. The highest BCUT2D eigenvalue weighted by molar-refractivity contribution is 5.21. The van der Waals surface area contributed by atoms with Crippen LogP contribution in [0.4, 0.5) is 0 Å². The van der Waals surface area contributed by atoms with Crippen LogP contribution in [0.25, 0.3) is 0 Å². The number of ether oxygens (including phenoxy) is 1. The summed E-state index contributed by atoms with van der Waals surface area (Å²) in [5.41, 5.74) is 2.12. The van der Waals surface area contributed by atoms with Crippen molar-refractivity contribution in [2.24, 2.45) is 0 Å². The number of nitrogens with one attached hydrogen (secondary N) is 1. The van der Waals surface area contributed by atoms with Gasteiger partial charge in [0, 0.05) is 12.7 Å². The van der Waals surface area contributed by atoms with E-state index in [9.17, 15) is 0 Å². The maximum Gasteiger partial charge on any atom is 0.130 e. The zero-order chi connectivity index (χ0) is 11.9. The molecule has 0 saturated carbocycles. The molecule has 3 nitrogen and oxygen atoms in total. The second-order valence-corrected chi connectivity index (χ2v) is 3.79. The summed E-state index contributed by atoms with van der Waals surface area (Å²) in [5, 5.41) is 3.09. The molecule has 3 heteroatoms. The molecule has 17 heavy (non-hydrogen) atoms. The van der Waals surface area contributed by atoms with E-state index in [-0.39, 0.29) is 0 Å². The number of para-hydroxylation sites is 1. The first-order valence-electron chi connectivity index (χ1n) is 5.65. The van der Waals surface area contributed by atoms with Crippen molar-refractivity contribution in [3.05, 3.63) is 59.9 Å². The fourth-order valence-corrected chi connectivity index (χ4v) is 1.52. The van der Waals surface area contributed by atoms with E-state index < -0.39 is 0 Å². The molecule has 0 aliphatic heterocycles. The van der Waals surface area contributed by atoms with Crippen LogP contribution < -0.4 is 10.1 Å². The summed E-state index contributed by atoms with van der Waals surface area (Å²) in [5.74, 6) is 0.869. The van der Waals surface area contributed by atoms with Crippen molar-refractivity contribution in [1.82, 2.24) is 10.3 Å². The van der Waals surface area contributed by atoms with E-state index in [0.29, 0.717) is 6.61 Å². The third kappa shape index (κ3) is 3.57. The van der Waals surface area contributed by atoms with Crippen LogP contribution in [0.3, 0.4) is 0 Å². The Morgan fingerprint density at radius 1 is 1.12 bits per heavy atom. The lowest BCUT2D eigenvalue weighted by Gasteiger charge is -2.06. The third-order valence-corrected chi connectivity index (χ3v) is 2.40. The van der Waals surface area contributed by atoms with Gasteiger partial charge in [0.15, 0.2) is 0 Å². The standard InChI is InChI=1S/C14H16N2O/c1-15-9-12-7-8-13(16-10-12)11-17-14-5-3-2-4-6-14/h2-8,10,15H,9,11H2,1H3. The molecule has 0 atom stereocenters. The molecule has 1 aromatic heterocycles. The summed E-state index contributed by atoms with van der Waals surface area (Å²) < 4.78 is 5.61. The van der Waals surface area contributed by atoms with Crippen molar-refractivity contribution < 1.29 is 4.74 Å². The molecule has 0 aliphatic rings. The second-order valence-electron chi connectivity index (χ2n) is 3.79. The van der Waals surface area contributed by atoms with E-state index in [1.54, 1.807) is 0 Å². The van der Waals surface area contributed by atoms with E-state index in [4.69, 9.17) is 4.74 Å². The molecular weight excluding hydrogens is 212 g/mol. The topological polar surface area (TPSA) is 34.1 Å². The minimum absolute atomic E-state index is 0.504. The van der Waals surface area contributed by atoms with Gasteiger partial charge in [0.05, 0.1) is 5.69 Å². The smallest absolute Gasteiger partial charge is 0.130 e. The van der Waals surface area contributed by atoms with Crippen molar-refractivity contribution in [2.75, 3.05) is 7.05 Å². The molecule has 0 bridgehead atoms. The second kappa shape index (κ2) is 6.01. The fraction of sp³-hybridized carbons (Fsp3) is 0.214. The highest BCUT2D eigenvalue weighted by atomic mass is 16.5. The SMILES string of the molecule is CNCc1ccc(COc2ccccc2)nc1. The average Bonchev–Trinajstić information content (AvgIpc) is 2.40. The van der Waals surface area contributed by atoms with Crippen LogP contribution in [-0.4, -0.2) is 12.0 Å². The Hall–Kier alpha value is -1.87. The van der Waals surface area contributed by atoms with Crippen LogP contribution in [0.15, 0.2) is 48.7 Å². The van der Waals surface area contributed by atoms with Gasteiger partial charge in [0.25, 0.3) is 0 Å². The van der Waals surface area contributed by atoms with E-state index in [0.717, 1.165) is 18.0 Å². The van der Waals surface area contributed by atoms with Crippen LogP contribution in [0.2, 0.25) is 0 Å². The lowest BCUT2D eigenvalue weighted by atomic mass is 10.2. The number of hydrogen-bond acceptors (Lipinski definition) is 3. The van der Waals surface area contributed by atoms with Crippen LogP contribution in [0.1, 0.15) is 11.3 Å². The van der Waals surface area contributed by atoms with Crippen molar-refractivity contribution in [3.63, 3.8) is 0 Å². The number of benzene rings is 1. The first-order valence-corrected chi connectivity index (χ1v) is 5.65. The molecule has 88 valence electrons. The van der Waals surface area contributed by atoms with E-state index in [2.05, 4.69) is 16.4 Å². The molecule has 0 unspecified atom stereocenters. The lowest BCUT2D eigenvalue weighted by Crippen LogP contribution is -2.06. The Kier molecular flexibility index (Phi) is 4.11. The maximum absolute atomic E-state index is 5.61. The van der Waals surface area contributed by atoms with Crippen LogP contribution in [0, 0.1) is 0 Å². The molecule has 0 saturated heterocycles. The van der Waals surface area contributed by atoms with Gasteiger partial charge in [-0.2, -0.15) is 0 Å². The summed E-state index contributed by atoms with van der Waals surface area (Å²) in [6.45, 7) is 1.34. The molecule has 2 aromatic rings. The van der Waals surface area contributed by atoms with Gasteiger partial charge < -0.3 is 10.1 Å². The highest BCUT2D eigenvalue weighted by Crippen LogP contribution is 2.10. The molecule has 1 aromatic carbocycles. The van der Waals surface area contributed by atoms with Crippen molar-refractivity contribution >= 4 is 0 Å². The Labute approximate surface area is 101 Å². The van der Waals surface area contributed by atoms with Gasteiger partial charge in [-0.1, -0.05) is 24.3 Å². The Balaban J connectivity index is 1.91. The van der Waals surface area contributed by atoms with Gasteiger partial charge >= 0.3 is 0 Å². The van der Waals surface area contributed by atoms with Crippen molar-refractivity contribution in [3.8, 4) is 5.75 Å². The van der Waals surface area contributed by atoms with Crippen molar-refractivity contribution in [2.45, 2.75) is 13.2 Å². The number of rotatable bonds is 5. The summed E-state index contributed by atoms with van der Waals surface area (Å²) in [6.07, 6.45) is 1.88. The van der Waals surface area contributed by atoms with Crippen molar-refractivity contribution in [1.29, 1.82) is 0 Å². The zero-order valence-corrected chi connectivity index (χ0v) is 9.89. The van der Waals surface area contributed by atoms with Gasteiger partial charge in [-0.3, -0.25) is 4.98 Å².